The Morgan fingerprint density at radius 2 is 2.06 bits per heavy atom. The molecule has 0 bridgehead atoms. The van der Waals surface area contributed by atoms with E-state index in [9.17, 15) is 5.26 Å². The fourth-order valence-electron chi connectivity index (χ4n) is 2.29. The zero-order chi connectivity index (χ0) is 13.1. The van der Waals surface area contributed by atoms with Crippen LogP contribution < -0.4 is 0 Å². The largest absolute Gasteiger partial charge is 0.198 e. The van der Waals surface area contributed by atoms with Gasteiger partial charge in [0.15, 0.2) is 0 Å². The number of thioether (sulfide) groups is 1. The molecule has 1 nitrogen and oxygen atoms in total. The Kier molecular flexibility index (Phi) is 4.14. The molecule has 0 saturated heterocycles. The second kappa shape index (κ2) is 5.63. The van der Waals surface area contributed by atoms with Crippen LogP contribution in [0.2, 0.25) is 0 Å². The minimum Gasteiger partial charge on any atom is -0.198 e. The van der Waals surface area contributed by atoms with Crippen molar-refractivity contribution in [3.63, 3.8) is 0 Å². The quantitative estimate of drug-likeness (QED) is 0.703. The monoisotopic (exact) mass is 257 g/mol. The first-order valence-electron chi connectivity index (χ1n) is 6.40. The van der Waals surface area contributed by atoms with Crippen LogP contribution in [0.3, 0.4) is 0 Å². The number of allylic oxidation sites excluding steroid dienone is 2. The van der Waals surface area contributed by atoms with E-state index in [1.54, 1.807) is 0 Å². The summed E-state index contributed by atoms with van der Waals surface area (Å²) in [5.74, 6) is 0.0670. The van der Waals surface area contributed by atoms with Crippen LogP contribution in [0.25, 0.3) is 0 Å². The first-order valence-corrected chi connectivity index (χ1v) is 7.28. The summed E-state index contributed by atoms with van der Waals surface area (Å²) in [6, 6.07) is 10.8. The first-order chi connectivity index (χ1) is 8.61. The van der Waals surface area contributed by atoms with Crippen LogP contribution >= 0.6 is 11.8 Å². The lowest BCUT2D eigenvalue weighted by molar-refractivity contribution is 0.670. The van der Waals surface area contributed by atoms with Gasteiger partial charge in [-0.2, -0.15) is 5.26 Å². The van der Waals surface area contributed by atoms with Crippen LogP contribution in [0.1, 0.15) is 45.1 Å². The van der Waals surface area contributed by atoms with Crippen LogP contribution in [0.4, 0.5) is 0 Å². The first kappa shape index (κ1) is 13.2. The normalized spacial score (nSPS) is 21.9. The lowest BCUT2D eigenvalue weighted by Gasteiger charge is -2.28. The molecule has 2 atom stereocenters. The smallest absolute Gasteiger partial charge is 0.0734 e. The van der Waals surface area contributed by atoms with Crippen molar-refractivity contribution >= 4 is 11.8 Å². The van der Waals surface area contributed by atoms with Crippen molar-refractivity contribution < 1.29 is 0 Å². The SMILES string of the molecule is CC(C)=C(C)CC1CC(C#N)c2ccccc2S1. The van der Waals surface area contributed by atoms with E-state index in [2.05, 4.69) is 45.0 Å². The fraction of sp³-hybridized carbons (Fsp3) is 0.438. The molecule has 2 unspecified atom stereocenters. The molecule has 0 aromatic heterocycles. The molecule has 1 heterocycles. The highest BCUT2D eigenvalue weighted by molar-refractivity contribution is 8.00. The van der Waals surface area contributed by atoms with E-state index in [-0.39, 0.29) is 5.92 Å². The number of nitrogens with zero attached hydrogens (tertiary/aromatic N) is 1. The second-order valence-corrected chi connectivity index (χ2v) is 6.52. The topological polar surface area (TPSA) is 23.8 Å². The van der Waals surface area contributed by atoms with E-state index in [1.165, 1.54) is 21.6 Å². The Balaban J connectivity index is 2.22. The number of hydrogen-bond acceptors (Lipinski definition) is 2. The lowest BCUT2D eigenvalue weighted by Crippen LogP contribution is -2.15. The molecule has 18 heavy (non-hydrogen) atoms. The van der Waals surface area contributed by atoms with E-state index in [0.717, 1.165) is 12.8 Å². The van der Waals surface area contributed by atoms with Gasteiger partial charge in [0.25, 0.3) is 0 Å². The van der Waals surface area contributed by atoms with Gasteiger partial charge in [-0.3, -0.25) is 0 Å². The number of fused-ring (bicyclic) bond motifs is 1. The molecule has 2 heteroatoms. The Bertz CT molecular complexity index is 506. The lowest BCUT2D eigenvalue weighted by atomic mass is 9.92. The second-order valence-electron chi connectivity index (χ2n) is 5.18. The highest BCUT2D eigenvalue weighted by Crippen LogP contribution is 2.43. The Labute approximate surface area is 114 Å². The molecule has 0 spiro atoms. The number of rotatable bonds is 2. The molecule has 2 rings (SSSR count). The van der Waals surface area contributed by atoms with E-state index < -0.39 is 0 Å². The van der Waals surface area contributed by atoms with E-state index >= 15 is 0 Å². The molecule has 0 radical (unpaired) electrons. The Hall–Kier alpha value is -1.20. The molecule has 1 aliphatic rings. The average molecular weight is 257 g/mol. The van der Waals surface area contributed by atoms with Crippen molar-refractivity contribution in [2.45, 2.75) is 49.7 Å². The molecule has 94 valence electrons. The number of hydrogen-bond donors (Lipinski definition) is 0. The maximum atomic E-state index is 9.33. The molecule has 1 aromatic rings. The molecule has 0 aliphatic carbocycles. The van der Waals surface area contributed by atoms with E-state index in [0.29, 0.717) is 5.25 Å². The molecule has 0 fully saturated rings. The summed E-state index contributed by atoms with van der Waals surface area (Å²) in [4.78, 5) is 1.29. The van der Waals surface area contributed by atoms with E-state index in [4.69, 9.17) is 0 Å². The summed E-state index contributed by atoms with van der Waals surface area (Å²) < 4.78 is 0. The molecule has 0 N–H and O–H groups in total. The number of benzene rings is 1. The standard InChI is InChI=1S/C16H19NS/c1-11(2)12(3)8-14-9-13(10-17)15-6-4-5-7-16(15)18-14/h4-7,13-14H,8-9H2,1-3H3. The average Bonchev–Trinajstić information content (AvgIpc) is 2.37. The summed E-state index contributed by atoms with van der Waals surface area (Å²) in [7, 11) is 0. The van der Waals surface area contributed by atoms with Gasteiger partial charge < -0.3 is 0 Å². The van der Waals surface area contributed by atoms with Gasteiger partial charge in [0.2, 0.25) is 0 Å². The van der Waals surface area contributed by atoms with Gasteiger partial charge in [0, 0.05) is 10.1 Å². The van der Waals surface area contributed by atoms with Gasteiger partial charge in [-0.15, -0.1) is 11.8 Å². The third-order valence-corrected chi connectivity index (χ3v) is 4.95. The number of nitriles is 1. The van der Waals surface area contributed by atoms with Gasteiger partial charge in [-0.05, 0) is 45.2 Å². The van der Waals surface area contributed by atoms with Gasteiger partial charge >= 0.3 is 0 Å². The summed E-state index contributed by atoms with van der Waals surface area (Å²) >= 11 is 1.94. The van der Waals surface area contributed by atoms with Crippen molar-refractivity contribution in [3.8, 4) is 6.07 Å². The molecular weight excluding hydrogens is 238 g/mol. The molecular formula is C16H19NS. The summed E-state index contributed by atoms with van der Waals surface area (Å²) in [5, 5.41) is 9.87. The van der Waals surface area contributed by atoms with Gasteiger partial charge in [-0.25, -0.2) is 0 Å². The summed E-state index contributed by atoms with van der Waals surface area (Å²) in [6.45, 7) is 6.54. The minimum absolute atomic E-state index is 0.0670. The molecule has 0 amide bonds. The summed E-state index contributed by atoms with van der Waals surface area (Å²) in [5.41, 5.74) is 4.09. The Morgan fingerprint density at radius 1 is 1.33 bits per heavy atom. The third kappa shape index (κ3) is 2.79. The zero-order valence-electron chi connectivity index (χ0n) is 11.2. The third-order valence-electron chi connectivity index (χ3n) is 3.63. The van der Waals surface area contributed by atoms with Crippen molar-refractivity contribution in [1.29, 1.82) is 5.26 Å². The predicted molar refractivity (Wildman–Crippen MR) is 77.7 cm³/mol. The highest BCUT2D eigenvalue weighted by Gasteiger charge is 2.27. The fourth-order valence-corrected chi connectivity index (χ4v) is 3.77. The molecule has 1 aromatic carbocycles. The van der Waals surface area contributed by atoms with Crippen molar-refractivity contribution in [3.05, 3.63) is 41.0 Å². The summed E-state index contributed by atoms with van der Waals surface area (Å²) in [6.07, 6.45) is 2.07. The zero-order valence-corrected chi connectivity index (χ0v) is 12.1. The van der Waals surface area contributed by atoms with Crippen LogP contribution in [0.5, 0.6) is 0 Å². The maximum Gasteiger partial charge on any atom is 0.0734 e. The van der Waals surface area contributed by atoms with Crippen molar-refractivity contribution in [2.75, 3.05) is 0 Å². The van der Waals surface area contributed by atoms with E-state index in [1.807, 2.05) is 17.8 Å². The van der Waals surface area contributed by atoms with Gasteiger partial charge in [0.1, 0.15) is 0 Å². The molecule has 1 aliphatic heterocycles. The maximum absolute atomic E-state index is 9.33. The highest BCUT2D eigenvalue weighted by atomic mass is 32.2. The van der Waals surface area contributed by atoms with Crippen LogP contribution in [0, 0.1) is 11.3 Å². The Morgan fingerprint density at radius 3 is 2.72 bits per heavy atom. The molecule has 0 saturated carbocycles. The van der Waals surface area contributed by atoms with Crippen molar-refractivity contribution in [2.24, 2.45) is 0 Å². The van der Waals surface area contributed by atoms with Crippen LogP contribution in [-0.2, 0) is 0 Å². The van der Waals surface area contributed by atoms with Crippen LogP contribution in [-0.4, -0.2) is 5.25 Å². The van der Waals surface area contributed by atoms with Gasteiger partial charge in [0.05, 0.1) is 12.0 Å². The van der Waals surface area contributed by atoms with Crippen LogP contribution in [0.15, 0.2) is 40.3 Å². The van der Waals surface area contributed by atoms with Gasteiger partial charge in [-0.1, -0.05) is 29.3 Å². The minimum atomic E-state index is 0.0670. The predicted octanol–water partition coefficient (Wildman–Crippen LogP) is 4.90. The van der Waals surface area contributed by atoms with Crippen molar-refractivity contribution in [1.82, 2.24) is 0 Å².